The average Bonchev–Trinajstić information content (AvgIpc) is 2.35. The molecule has 0 atom stereocenters. The molecule has 1 N–H and O–H groups in total. The van der Waals surface area contributed by atoms with Crippen molar-refractivity contribution in [2.75, 3.05) is 13.7 Å². The Labute approximate surface area is 101 Å². The van der Waals surface area contributed by atoms with E-state index in [1.165, 1.54) is 16.2 Å². The third-order valence-corrected chi connectivity index (χ3v) is 3.65. The quantitative estimate of drug-likeness (QED) is 0.866. The molecular formula is C13H17NOS. The van der Waals surface area contributed by atoms with Crippen molar-refractivity contribution < 1.29 is 4.74 Å². The van der Waals surface area contributed by atoms with Gasteiger partial charge in [-0.05, 0) is 24.0 Å². The van der Waals surface area contributed by atoms with Gasteiger partial charge in [0.25, 0.3) is 0 Å². The highest BCUT2D eigenvalue weighted by Gasteiger charge is 2.15. The van der Waals surface area contributed by atoms with Gasteiger partial charge in [-0.1, -0.05) is 24.8 Å². The molecule has 86 valence electrons. The van der Waals surface area contributed by atoms with Crippen LogP contribution in [0.1, 0.15) is 18.9 Å². The molecule has 0 saturated heterocycles. The van der Waals surface area contributed by atoms with Gasteiger partial charge in [0.15, 0.2) is 0 Å². The van der Waals surface area contributed by atoms with E-state index in [1.54, 1.807) is 18.9 Å². The average molecular weight is 235 g/mol. The smallest absolute Gasteiger partial charge is 0.123 e. The fourth-order valence-corrected chi connectivity index (χ4v) is 2.69. The molecule has 0 unspecified atom stereocenters. The molecule has 1 aliphatic heterocycles. The van der Waals surface area contributed by atoms with Crippen LogP contribution in [0.5, 0.6) is 5.75 Å². The standard InChI is InChI=1S/C13H17NOS/c1-3-7-14-10-8-11-12(15-2)5-4-6-13(11)16-9-10/h4-6,9,14H,3,7-8H2,1-2H3. The van der Waals surface area contributed by atoms with Gasteiger partial charge in [-0.25, -0.2) is 0 Å². The van der Waals surface area contributed by atoms with Gasteiger partial charge in [-0.3, -0.25) is 0 Å². The van der Waals surface area contributed by atoms with Crippen LogP contribution in [0, 0.1) is 0 Å². The van der Waals surface area contributed by atoms with Gasteiger partial charge in [-0.2, -0.15) is 0 Å². The van der Waals surface area contributed by atoms with Crippen molar-refractivity contribution in [3.05, 3.63) is 34.9 Å². The number of hydrogen-bond donors (Lipinski definition) is 1. The van der Waals surface area contributed by atoms with E-state index < -0.39 is 0 Å². The number of methoxy groups -OCH3 is 1. The van der Waals surface area contributed by atoms with Crippen LogP contribution in [0.25, 0.3) is 0 Å². The molecule has 0 aliphatic carbocycles. The van der Waals surface area contributed by atoms with Crippen molar-refractivity contribution in [3.8, 4) is 5.75 Å². The number of ether oxygens (including phenoxy) is 1. The minimum Gasteiger partial charge on any atom is -0.496 e. The Bertz CT molecular complexity index is 401. The lowest BCUT2D eigenvalue weighted by atomic mass is 10.1. The lowest BCUT2D eigenvalue weighted by Gasteiger charge is -2.19. The van der Waals surface area contributed by atoms with E-state index in [0.717, 1.165) is 25.1 Å². The summed E-state index contributed by atoms with van der Waals surface area (Å²) >= 11 is 1.77. The molecule has 1 heterocycles. The van der Waals surface area contributed by atoms with Crippen LogP contribution in [0.4, 0.5) is 0 Å². The number of rotatable bonds is 4. The molecule has 0 radical (unpaired) electrons. The summed E-state index contributed by atoms with van der Waals surface area (Å²) in [5, 5.41) is 5.65. The molecule has 0 aromatic heterocycles. The Kier molecular flexibility index (Phi) is 3.78. The van der Waals surface area contributed by atoms with Crippen LogP contribution in [0.3, 0.4) is 0 Å². The summed E-state index contributed by atoms with van der Waals surface area (Å²) in [7, 11) is 1.73. The van der Waals surface area contributed by atoms with Crippen molar-refractivity contribution in [2.45, 2.75) is 24.7 Å². The molecule has 3 heteroatoms. The first-order chi connectivity index (χ1) is 7.85. The number of allylic oxidation sites excluding steroid dienone is 1. The summed E-state index contributed by atoms with van der Waals surface area (Å²) in [6, 6.07) is 6.22. The molecule has 1 aromatic carbocycles. The molecule has 16 heavy (non-hydrogen) atoms. The summed E-state index contributed by atoms with van der Waals surface area (Å²) in [6.45, 7) is 3.22. The maximum Gasteiger partial charge on any atom is 0.123 e. The second-order valence-electron chi connectivity index (χ2n) is 3.80. The van der Waals surface area contributed by atoms with Gasteiger partial charge >= 0.3 is 0 Å². The van der Waals surface area contributed by atoms with Gasteiger partial charge in [0.1, 0.15) is 5.75 Å². The number of nitrogens with one attached hydrogen (secondary N) is 1. The van der Waals surface area contributed by atoms with Crippen molar-refractivity contribution in [3.63, 3.8) is 0 Å². The minimum absolute atomic E-state index is 0.951. The predicted molar refractivity (Wildman–Crippen MR) is 68.9 cm³/mol. The van der Waals surface area contributed by atoms with Crippen molar-refractivity contribution in [2.24, 2.45) is 0 Å². The first-order valence-electron chi connectivity index (χ1n) is 5.60. The fraction of sp³-hybridized carbons (Fsp3) is 0.385. The van der Waals surface area contributed by atoms with E-state index in [4.69, 9.17) is 4.74 Å². The zero-order chi connectivity index (χ0) is 11.4. The van der Waals surface area contributed by atoms with E-state index in [-0.39, 0.29) is 0 Å². The SMILES string of the molecule is CCCNC1=CSc2cccc(OC)c2C1. The highest BCUT2D eigenvalue weighted by Crippen LogP contribution is 2.36. The summed E-state index contributed by atoms with van der Waals surface area (Å²) in [4.78, 5) is 1.31. The number of fused-ring (bicyclic) bond motifs is 1. The summed E-state index contributed by atoms with van der Waals surface area (Å²) in [5.41, 5.74) is 2.60. The molecule has 0 bridgehead atoms. The van der Waals surface area contributed by atoms with E-state index in [0.29, 0.717) is 0 Å². The third kappa shape index (κ3) is 2.35. The Hall–Kier alpha value is -1.09. The number of thioether (sulfide) groups is 1. The summed E-state index contributed by atoms with van der Waals surface area (Å²) < 4.78 is 5.40. The highest BCUT2D eigenvalue weighted by molar-refractivity contribution is 8.02. The number of benzene rings is 1. The molecule has 0 amide bonds. The van der Waals surface area contributed by atoms with Gasteiger partial charge < -0.3 is 10.1 Å². The van der Waals surface area contributed by atoms with Crippen LogP contribution >= 0.6 is 11.8 Å². The lowest BCUT2D eigenvalue weighted by Crippen LogP contribution is -2.17. The molecule has 1 aliphatic rings. The van der Waals surface area contributed by atoms with E-state index >= 15 is 0 Å². The zero-order valence-electron chi connectivity index (χ0n) is 9.75. The van der Waals surface area contributed by atoms with Crippen LogP contribution in [0.15, 0.2) is 34.2 Å². The summed E-state index contributed by atoms with van der Waals surface area (Å²) in [6.07, 6.45) is 2.10. The third-order valence-electron chi connectivity index (χ3n) is 2.61. The van der Waals surface area contributed by atoms with Gasteiger partial charge in [0.05, 0.1) is 7.11 Å². The topological polar surface area (TPSA) is 21.3 Å². The van der Waals surface area contributed by atoms with Crippen molar-refractivity contribution in [1.29, 1.82) is 0 Å². The highest BCUT2D eigenvalue weighted by atomic mass is 32.2. The zero-order valence-corrected chi connectivity index (χ0v) is 10.6. The van der Waals surface area contributed by atoms with Crippen LogP contribution in [-0.4, -0.2) is 13.7 Å². The van der Waals surface area contributed by atoms with Crippen LogP contribution in [0.2, 0.25) is 0 Å². The molecular weight excluding hydrogens is 218 g/mol. The van der Waals surface area contributed by atoms with Crippen LogP contribution in [-0.2, 0) is 6.42 Å². The fourth-order valence-electron chi connectivity index (χ4n) is 1.78. The Morgan fingerprint density at radius 2 is 2.31 bits per heavy atom. The molecule has 2 nitrogen and oxygen atoms in total. The Balaban J connectivity index is 2.17. The maximum absolute atomic E-state index is 5.40. The summed E-state index contributed by atoms with van der Waals surface area (Å²) in [5.74, 6) is 0.994. The second-order valence-corrected chi connectivity index (χ2v) is 4.71. The van der Waals surface area contributed by atoms with E-state index in [2.05, 4.69) is 23.7 Å². The Morgan fingerprint density at radius 1 is 1.44 bits per heavy atom. The Morgan fingerprint density at radius 3 is 3.06 bits per heavy atom. The van der Waals surface area contributed by atoms with E-state index in [1.807, 2.05) is 12.1 Å². The number of hydrogen-bond acceptors (Lipinski definition) is 3. The molecule has 2 rings (SSSR count). The van der Waals surface area contributed by atoms with Crippen molar-refractivity contribution in [1.82, 2.24) is 5.32 Å². The van der Waals surface area contributed by atoms with Gasteiger partial charge in [-0.15, -0.1) is 0 Å². The normalized spacial score (nSPS) is 14.0. The minimum atomic E-state index is 0.951. The largest absolute Gasteiger partial charge is 0.496 e. The maximum atomic E-state index is 5.40. The first-order valence-corrected chi connectivity index (χ1v) is 6.48. The van der Waals surface area contributed by atoms with Crippen LogP contribution < -0.4 is 10.1 Å². The van der Waals surface area contributed by atoms with Gasteiger partial charge in [0, 0.05) is 29.1 Å². The first kappa shape index (κ1) is 11.4. The van der Waals surface area contributed by atoms with E-state index in [9.17, 15) is 0 Å². The lowest BCUT2D eigenvalue weighted by molar-refractivity contribution is 0.408. The second kappa shape index (κ2) is 5.30. The monoisotopic (exact) mass is 235 g/mol. The molecule has 1 aromatic rings. The predicted octanol–water partition coefficient (Wildman–Crippen LogP) is 3.18. The van der Waals surface area contributed by atoms with Crippen molar-refractivity contribution >= 4 is 11.8 Å². The molecule has 0 fully saturated rings. The van der Waals surface area contributed by atoms with Gasteiger partial charge in [0.2, 0.25) is 0 Å². The molecule has 0 spiro atoms. The molecule has 0 saturated carbocycles.